The maximum atomic E-state index is 15.1. The zero-order chi connectivity index (χ0) is 25.3. The summed E-state index contributed by atoms with van der Waals surface area (Å²) in [6.07, 6.45) is 9.11. The second-order valence-electron chi connectivity index (χ2n) is 9.27. The average Bonchev–Trinajstić information content (AvgIpc) is 3.30. The number of pyridine rings is 1. The number of nitrogens with zero attached hydrogens (tertiary/aromatic N) is 6. The van der Waals surface area contributed by atoms with Crippen LogP contribution >= 0.6 is 0 Å². The van der Waals surface area contributed by atoms with Gasteiger partial charge in [-0.05, 0) is 37.5 Å². The molecule has 192 valence electrons. The van der Waals surface area contributed by atoms with E-state index in [1.165, 1.54) is 25.5 Å². The molecule has 0 spiro atoms. The lowest BCUT2D eigenvalue weighted by molar-refractivity contribution is 0.120. The first-order valence-electron chi connectivity index (χ1n) is 12.2. The Bertz CT molecular complexity index is 1340. The highest BCUT2D eigenvalue weighted by molar-refractivity contribution is 7.92. The Balaban J connectivity index is 1.36. The van der Waals surface area contributed by atoms with Gasteiger partial charge in [0.15, 0.2) is 11.6 Å². The minimum atomic E-state index is -3.75. The van der Waals surface area contributed by atoms with Crippen LogP contribution in [-0.4, -0.2) is 71.3 Å². The first kappa shape index (κ1) is 24.6. The van der Waals surface area contributed by atoms with Crippen molar-refractivity contribution in [2.24, 2.45) is 0 Å². The minimum absolute atomic E-state index is 0.175. The quantitative estimate of drug-likeness (QED) is 0.489. The second kappa shape index (κ2) is 10.1. The molecule has 1 aliphatic heterocycles. The van der Waals surface area contributed by atoms with Gasteiger partial charge in [-0.25, -0.2) is 21.9 Å². The molecule has 1 saturated heterocycles. The van der Waals surface area contributed by atoms with Gasteiger partial charge in [0, 0.05) is 44.0 Å². The molecular weight excluding hydrogens is 488 g/mol. The molecule has 12 heteroatoms. The van der Waals surface area contributed by atoms with Gasteiger partial charge in [-0.1, -0.05) is 18.6 Å². The van der Waals surface area contributed by atoms with E-state index in [4.69, 9.17) is 0 Å². The van der Waals surface area contributed by atoms with Gasteiger partial charge in [-0.15, -0.1) is 5.10 Å². The van der Waals surface area contributed by atoms with Crippen molar-refractivity contribution < 1.29 is 17.2 Å². The van der Waals surface area contributed by atoms with Crippen LogP contribution in [0.4, 0.5) is 20.2 Å². The number of hydrogen-bond acceptors (Lipinski definition) is 7. The minimum Gasteiger partial charge on any atom is -0.368 e. The summed E-state index contributed by atoms with van der Waals surface area (Å²) in [4.78, 5) is 9.19. The summed E-state index contributed by atoms with van der Waals surface area (Å²) in [5, 5.41) is 8.00. The van der Waals surface area contributed by atoms with Crippen LogP contribution in [0.25, 0.3) is 16.9 Å². The fourth-order valence-corrected chi connectivity index (χ4v) is 5.79. The van der Waals surface area contributed by atoms with Gasteiger partial charge in [0.2, 0.25) is 10.0 Å². The van der Waals surface area contributed by atoms with Gasteiger partial charge in [-0.2, -0.15) is 0 Å². The third kappa shape index (κ3) is 5.05. The Morgan fingerprint density at radius 1 is 1.11 bits per heavy atom. The lowest BCUT2D eigenvalue weighted by Crippen LogP contribution is -2.52. The van der Waals surface area contributed by atoms with Crippen molar-refractivity contribution in [3.63, 3.8) is 0 Å². The van der Waals surface area contributed by atoms with Crippen molar-refractivity contribution in [3.05, 3.63) is 48.4 Å². The predicted octanol–water partition coefficient (Wildman–Crippen LogP) is 3.43. The summed E-state index contributed by atoms with van der Waals surface area (Å²) in [5.41, 5.74) is 1.16. The molecule has 0 bridgehead atoms. The lowest BCUT2D eigenvalue weighted by Gasteiger charge is -2.43. The fraction of sp³-hybridized carbons (Fsp3) is 0.458. The first-order chi connectivity index (χ1) is 17.3. The molecule has 2 fully saturated rings. The molecule has 2 aliphatic rings. The van der Waals surface area contributed by atoms with E-state index in [1.54, 1.807) is 19.3 Å². The first-order valence-corrected chi connectivity index (χ1v) is 13.9. The number of aromatic nitrogens is 4. The van der Waals surface area contributed by atoms with Crippen molar-refractivity contribution in [2.45, 2.75) is 38.6 Å². The molecule has 0 atom stereocenters. The monoisotopic (exact) mass is 517 g/mol. The highest BCUT2D eigenvalue weighted by Gasteiger charge is 2.28. The molecule has 36 heavy (non-hydrogen) atoms. The number of hydrogen-bond donors (Lipinski definition) is 1. The van der Waals surface area contributed by atoms with Gasteiger partial charge in [-0.3, -0.25) is 14.6 Å². The van der Waals surface area contributed by atoms with Crippen LogP contribution in [0.15, 0.2) is 36.8 Å². The molecule has 2 aromatic heterocycles. The van der Waals surface area contributed by atoms with Crippen LogP contribution in [0.5, 0.6) is 0 Å². The van der Waals surface area contributed by atoms with Crippen LogP contribution < -0.4 is 9.62 Å². The summed E-state index contributed by atoms with van der Waals surface area (Å²) in [7, 11) is -3.75. The number of sulfonamides is 1. The van der Waals surface area contributed by atoms with Gasteiger partial charge < -0.3 is 4.90 Å². The van der Waals surface area contributed by atoms with Crippen LogP contribution in [0.2, 0.25) is 0 Å². The summed E-state index contributed by atoms with van der Waals surface area (Å²) < 4.78 is 57.1. The van der Waals surface area contributed by atoms with E-state index in [0.29, 0.717) is 17.7 Å². The van der Waals surface area contributed by atoms with Crippen LogP contribution in [-0.2, 0) is 10.0 Å². The van der Waals surface area contributed by atoms with Crippen LogP contribution in [0.3, 0.4) is 0 Å². The molecule has 0 amide bonds. The number of piperazine rings is 1. The molecule has 1 saturated carbocycles. The van der Waals surface area contributed by atoms with Crippen molar-refractivity contribution in [1.82, 2.24) is 24.9 Å². The van der Waals surface area contributed by atoms with Crippen molar-refractivity contribution >= 4 is 21.4 Å². The second-order valence-corrected chi connectivity index (χ2v) is 11.1. The number of benzene rings is 1. The summed E-state index contributed by atoms with van der Waals surface area (Å²) in [5.74, 6) is -2.13. The summed E-state index contributed by atoms with van der Waals surface area (Å²) >= 11 is 0. The van der Waals surface area contributed by atoms with Gasteiger partial charge in [0.1, 0.15) is 11.4 Å². The smallest absolute Gasteiger partial charge is 0.232 e. The molecule has 1 N–H and O–H groups in total. The number of nitrogens with one attached hydrogen (secondary N) is 1. The van der Waals surface area contributed by atoms with E-state index in [0.717, 1.165) is 54.7 Å². The molecule has 9 nitrogen and oxygen atoms in total. The Morgan fingerprint density at radius 2 is 1.89 bits per heavy atom. The Kier molecular flexibility index (Phi) is 6.89. The molecule has 1 aliphatic carbocycles. The van der Waals surface area contributed by atoms with Crippen molar-refractivity contribution in [2.75, 3.05) is 41.6 Å². The topological polar surface area (TPSA) is 96.2 Å². The molecule has 3 heterocycles. The third-order valence-electron chi connectivity index (χ3n) is 6.82. The standard InChI is InChI=1S/C24H29F2N7O2S/c1-2-12-36(34,35)29-21-7-6-20(25)24(23(21)26)33-16-22(28-30-33)17-13-19(15-27-14-17)32-10-8-31(9-11-32)18-4-3-5-18/h6-7,13-16,18,29H,2-5,8-12H2,1H3. The predicted molar refractivity (Wildman–Crippen MR) is 134 cm³/mol. The molecule has 3 aromatic rings. The van der Waals surface area contributed by atoms with Gasteiger partial charge in [0.05, 0.1) is 29.5 Å². The van der Waals surface area contributed by atoms with Crippen LogP contribution in [0.1, 0.15) is 32.6 Å². The Hall–Kier alpha value is -3.12. The molecular formula is C24H29F2N7O2S. The molecule has 1 aromatic carbocycles. The highest BCUT2D eigenvalue weighted by atomic mass is 32.2. The maximum Gasteiger partial charge on any atom is 0.232 e. The fourth-order valence-electron chi connectivity index (χ4n) is 4.66. The third-order valence-corrected chi connectivity index (χ3v) is 8.29. The zero-order valence-corrected chi connectivity index (χ0v) is 20.9. The van der Waals surface area contributed by atoms with Gasteiger partial charge >= 0.3 is 0 Å². The van der Waals surface area contributed by atoms with Crippen molar-refractivity contribution in [3.8, 4) is 16.9 Å². The SMILES string of the molecule is CCCS(=O)(=O)Nc1ccc(F)c(-n2cc(-c3cncc(N4CCN(C5CCC5)CC4)c3)nn2)c1F. The van der Waals surface area contributed by atoms with E-state index in [-0.39, 0.29) is 11.4 Å². The molecule has 0 radical (unpaired) electrons. The molecule has 0 unspecified atom stereocenters. The summed E-state index contributed by atoms with van der Waals surface area (Å²) in [6, 6.07) is 4.72. The molecule has 5 rings (SSSR count). The van der Waals surface area contributed by atoms with E-state index >= 15 is 4.39 Å². The normalized spacial score (nSPS) is 17.2. The Labute approximate surface area is 209 Å². The van der Waals surface area contributed by atoms with E-state index in [2.05, 4.69) is 29.8 Å². The zero-order valence-electron chi connectivity index (χ0n) is 20.1. The highest BCUT2D eigenvalue weighted by Crippen LogP contribution is 2.29. The van der Waals surface area contributed by atoms with E-state index in [1.807, 2.05) is 6.07 Å². The number of rotatable bonds is 8. The average molecular weight is 518 g/mol. The summed E-state index contributed by atoms with van der Waals surface area (Å²) in [6.45, 7) is 5.54. The number of halogens is 2. The van der Waals surface area contributed by atoms with E-state index < -0.39 is 27.3 Å². The van der Waals surface area contributed by atoms with E-state index in [9.17, 15) is 12.8 Å². The van der Waals surface area contributed by atoms with Gasteiger partial charge in [0.25, 0.3) is 0 Å². The maximum absolute atomic E-state index is 15.1. The lowest BCUT2D eigenvalue weighted by atomic mass is 9.91. The number of anilines is 2. The largest absolute Gasteiger partial charge is 0.368 e. The Morgan fingerprint density at radius 3 is 2.58 bits per heavy atom. The van der Waals surface area contributed by atoms with Crippen LogP contribution in [0, 0.1) is 11.6 Å². The van der Waals surface area contributed by atoms with Crippen molar-refractivity contribution in [1.29, 1.82) is 0 Å².